The first-order chi connectivity index (χ1) is 9.11. The van der Waals surface area contributed by atoms with Crippen molar-refractivity contribution < 1.29 is 9.13 Å². The number of benzene rings is 2. The quantitative estimate of drug-likeness (QED) is 0.927. The lowest BCUT2D eigenvalue weighted by Crippen LogP contribution is -2.14. The van der Waals surface area contributed by atoms with Gasteiger partial charge in [-0.15, -0.1) is 0 Å². The molecule has 0 radical (unpaired) electrons. The summed E-state index contributed by atoms with van der Waals surface area (Å²) in [6.45, 7) is 0. The van der Waals surface area contributed by atoms with Crippen LogP contribution in [0.15, 0.2) is 46.9 Å². The van der Waals surface area contributed by atoms with Crippen LogP contribution in [0.1, 0.15) is 17.2 Å². The molecule has 0 saturated carbocycles. The van der Waals surface area contributed by atoms with E-state index in [4.69, 9.17) is 10.5 Å². The van der Waals surface area contributed by atoms with Gasteiger partial charge in [0, 0.05) is 10.5 Å². The van der Waals surface area contributed by atoms with Crippen LogP contribution in [-0.4, -0.2) is 7.11 Å². The van der Waals surface area contributed by atoms with Gasteiger partial charge in [0.05, 0.1) is 7.11 Å². The average molecular weight is 324 g/mol. The molecule has 1 unspecified atom stereocenters. The van der Waals surface area contributed by atoms with Crippen LogP contribution in [0.2, 0.25) is 0 Å². The predicted octanol–water partition coefficient (Wildman–Crippen LogP) is 3.84. The fourth-order valence-electron chi connectivity index (χ4n) is 1.98. The number of halogens is 2. The molecule has 0 spiro atoms. The molecule has 0 aliphatic carbocycles. The fourth-order valence-corrected chi connectivity index (χ4v) is 2.56. The van der Waals surface area contributed by atoms with Crippen LogP contribution in [0, 0.1) is 5.82 Å². The average Bonchev–Trinajstić information content (AvgIpc) is 2.39. The van der Waals surface area contributed by atoms with E-state index in [0.717, 1.165) is 15.6 Å². The van der Waals surface area contributed by atoms with Crippen molar-refractivity contribution in [2.75, 3.05) is 7.11 Å². The molecule has 0 bridgehead atoms. The monoisotopic (exact) mass is 323 g/mol. The summed E-state index contributed by atoms with van der Waals surface area (Å²) in [5, 5.41) is 0. The van der Waals surface area contributed by atoms with Crippen molar-refractivity contribution >= 4 is 15.9 Å². The van der Waals surface area contributed by atoms with E-state index < -0.39 is 0 Å². The molecular weight excluding hydrogens is 309 g/mol. The molecule has 19 heavy (non-hydrogen) atoms. The highest BCUT2D eigenvalue weighted by atomic mass is 79.9. The number of nitrogens with two attached hydrogens (primary N) is 1. The largest absolute Gasteiger partial charge is 0.494 e. The minimum Gasteiger partial charge on any atom is -0.494 e. The topological polar surface area (TPSA) is 35.2 Å². The third kappa shape index (κ3) is 3.33. The molecule has 0 aromatic heterocycles. The molecule has 0 saturated heterocycles. The lowest BCUT2D eigenvalue weighted by Gasteiger charge is -2.14. The third-order valence-electron chi connectivity index (χ3n) is 2.98. The summed E-state index contributed by atoms with van der Waals surface area (Å²) in [5.74, 6) is -0.113. The van der Waals surface area contributed by atoms with E-state index in [0.29, 0.717) is 6.42 Å². The van der Waals surface area contributed by atoms with Gasteiger partial charge in [0.15, 0.2) is 11.6 Å². The van der Waals surface area contributed by atoms with Gasteiger partial charge in [0.1, 0.15) is 0 Å². The summed E-state index contributed by atoms with van der Waals surface area (Å²) >= 11 is 3.47. The van der Waals surface area contributed by atoms with Crippen LogP contribution in [0.5, 0.6) is 5.75 Å². The van der Waals surface area contributed by atoms with Crippen molar-refractivity contribution in [3.8, 4) is 5.75 Å². The highest BCUT2D eigenvalue weighted by molar-refractivity contribution is 9.10. The van der Waals surface area contributed by atoms with Crippen molar-refractivity contribution in [2.24, 2.45) is 5.73 Å². The van der Waals surface area contributed by atoms with E-state index >= 15 is 0 Å². The van der Waals surface area contributed by atoms with Crippen LogP contribution in [-0.2, 0) is 6.42 Å². The van der Waals surface area contributed by atoms with Gasteiger partial charge in [-0.2, -0.15) is 0 Å². The molecule has 1 atom stereocenters. The third-order valence-corrected chi connectivity index (χ3v) is 3.70. The van der Waals surface area contributed by atoms with Crippen molar-refractivity contribution in [3.63, 3.8) is 0 Å². The number of ether oxygens (including phenoxy) is 1. The molecule has 2 nitrogen and oxygen atoms in total. The fraction of sp³-hybridized carbons (Fsp3) is 0.200. The Morgan fingerprint density at radius 2 is 2.00 bits per heavy atom. The molecule has 0 aliphatic rings. The zero-order valence-corrected chi connectivity index (χ0v) is 12.2. The van der Waals surface area contributed by atoms with Crippen LogP contribution in [0.25, 0.3) is 0 Å². The molecule has 0 fully saturated rings. The van der Waals surface area contributed by atoms with Gasteiger partial charge >= 0.3 is 0 Å². The summed E-state index contributed by atoms with van der Waals surface area (Å²) in [7, 11) is 1.45. The van der Waals surface area contributed by atoms with Gasteiger partial charge in [-0.1, -0.05) is 40.2 Å². The van der Waals surface area contributed by atoms with Crippen molar-refractivity contribution in [1.82, 2.24) is 0 Å². The van der Waals surface area contributed by atoms with Crippen molar-refractivity contribution in [1.29, 1.82) is 0 Å². The van der Waals surface area contributed by atoms with Crippen LogP contribution >= 0.6 is 15.9 Å². The lowest BCUT2D eigenvalue weighted by atomic mass is 9.99. The SMILES string of the molecule is COc1ccc(CC(N)c2ccccc2Br)cc1F. The van der Waals surface area contributed by atoms with Crippen LogP contribution < -0.4 is 10.5 Å². The van der Waals surface area contributed by atoms with E-state index in [2.05, 4.69) is 15.9 Å². The molecule has 2 aromatic carbocycles. The second kappa shape index (κ2) is 6.17. The van der Waals surface area contributed by atoms with Crippen LogP contribution in [0.4, 0.5) is 4.39 Å². The Balaban J connectivity index is 2.17. The molecule has 2 N–H and O–H groups in total. The Bertz CT molecular complexity index is 574. The summed E-state index contributed by atoms with van der Waals surface area (Å²) in [5.41, 5.74) is 8.03. The number of hydrogen-bond donors (Lipinski definition) is 1. The van der Waals surface area contributed by atoms with Gasteiger partial charge in [0.2, 0.25) is 0 Å². The minimum atomic E-state index is -0.362. The predicted molar refractivity (Wildman–Crippen MR) is 77.7 cm³/mol. The molecule has 0 amide bonds. The Labute approximate surface area is 120 Å². The number of hydrogen-bond acceptors (Lipinski definition) is 2. The molecule has 0 heterocycles. The Morgan fingerprint density at radius 3 is 2.63 bits per heavy atom. The second-order valence-electron chi connectivity index (χ2n) is 4.30. The zero-order chi connectivity index (χ0) is 13.8. The van der Waals surface area contributed by atoms with Gasteiger partial charge in [-0.3, -0.25) is 0 Å². The maximum absolute atomic E-state index is 13.6. The molecule has 4 heteroatoms. The molecule has 2 rings (SSSR count). The Kier molecular flexibility index (Phi) is 4.56. The summed E-state index contributed by atoms with van der Waals surface area (Å²) in [6.07, 6.45) is 0.573. The number of rotatable bonds is 4. The molecule has 0 aliphatic heterocycles. The first-order valence-corrected chi connectivity index (χ1v) is 6.73. The maximum atomic E-state index is 13.6. The van der Waals surface area contributed by atoms with Gasteiger partial charge < -0.3 is 10.5 Å². The van der Waals surface area contributed by atoms with Crippen molar-refractivity contribution in [2.45, 2.75) is 12.5 Å². The Hall–Kier alpha value is -1.39. The summed E-state index contributed by atoms with van der Waals surface area (Å²) in [6, 6.07) is 12.5. The first-order valence-electron chi connectivity index (χ1n) is 5.94. The van der Waals surface area contributed by atoms with Crippen molar-refractivity contribution in [3.05, 3.63) is 63.9 Å². The smallest absolute Gasteiger partial charge is 0.165 e. The van der Waals surface area contributed by atoms with Crippen LogP contribution in [0.3, 0.4) is 0 Å². The highest BCUT2D eigenvalue weighted by Gasteiger charge is 2.11. The lowest BCUT2D eigenvalue weighted by molar-refractivity contribution is 0.386. The van der Waals surface area contributed by atoms with E-state index in [1.165, 1.54) is 13.2 Å². The normalized spacial score (nSPS) is 12.2. The van der Waals surface area contributed by atoms with E-state index in [1.807, 2.05) is 30.3 Å². The van der Waals surface area contributed by atoms with Gasteiger partial charge in [-0.25, -0.2) is 4.39 Å². The number of methoxy groups -OCH3 is 1. The van der Waals surface area contributed by atoms with Gasteiger partial charge in [-0.05, 0) is 35.7 Å². The zero-order valence-electron chi connectivity index (χ0n) is 10.6. The highest BCUT2D eigenvalue weighted by Crippen LogP contribution is 2.25. The van der Waals surface area contributed by atoms with Gasteiger partial charge in [0.25, 0.3) is 0 Å². The summed E-state index contributed by atoms with van der Waals surface area (Å²) < 4.78 is 19.5. The minimum absolute atomic E-state index is 0.177. The first kappa shape index (κ1) is 14.0. The summed E-state index contributed by atoms with van der Waals surface area (Å²) in [4.78, 5) is 0. The van der Waals surface area contributed by atoms with E-state index in [9.17, 15) is 4.39 Å². The molecule has 2 aromatic rings. The second-order valence-corrected chi connectivity index (χ2v) is 5.16. The Morgan fingerprint density at radius 1 is 1.26 bits per heavy atom. The van der Waals surface area contributed by atoms with E-state index in [1.54, 1.807) is 6.07 Å². The van der Waals surface area contributed by atoms with E-state index in [-0.39, 0.29) is 17.6 Å². The maximum Gasteiger partial charge on any atom is 0.165 e. The molecule has 100 valence electrons. The molecular formula is C15H15BrFNO. The standard InChI is InChI=1S/C15H15BrFNO/c1-19-15-7-6-10(8-13(15)17)9-14(18)11-4-2-3-5-12(11)16/h2-8,14H,9,18H2,1H3.